The van der Waals surface area contributed by atoms with E-state index >= 15 is 0 Å². The Morgan fingerprint density at radius 3 is 1.15 bits per heavy atom. The Balaban J connectivity index is 1.01. The van der Waals surface area contributed by atoms with Crippen LogP contribution < -0.4 is 4.90 Å². The van der Waals surface area contributed by atoms with Gasteiger partial charge in [0.05, 0.1) is 10.8 Å². The monoisotopic (exact) mass is 847 g/mol. The van der Waals surface area contributed by atoms with E-state index in [1.165, 1.54) is 111 Å². The summed E-state index contributed by atoms with van der Waals surface area (Å²) in [5.74, 6) is 0. The van der Waals surface area contributed by atoms with Gasteiger partial charge < -0.3 is 4.90 Å². The number of nitrogens with zero attached hydrogens (tertiary/aromatic N) is 1. The van der Waals surface area contributed by atoms with E-state index in [1.54, 1.807) is 0 Å². The molecule has 0 fully saturated rings. The van der Waals surface area contributed by atoms with Crippen LogP contribution >= 0.6 is 0 Å². The summed E-state index contributed by atoms with van der Waals surface area (Å²) >= 11 is 0. The van der Waals surface area contributed by atoms with E-state index in [-0.39, 0.29) is 0 Å². The molecule has 0 atom stereocenters. The van der Waals surface area contributed by atoms with Crippen molar-refractivity contribution in [3.8, 4) is 55.6 Å². The zero-order valence-electron chi connectivity index (χ0n) is 36.6. The molecular weight excluding hydrogens is 807 g/mol. The molecule has 0 amide bonds. The quantitative estimate of drug-likeness (QED) is 0.171. The minimum atomic E-state index is -0.515. The molecule has 0 saturated heterocycles. The van der Waals surface area contributed by atoms with Crippen LogP contribution in [-0.2, 0) is 10.8 Å². The fourth-order valence-corrected chi connectivity index (χ4v) is 13.1. The van der Waals surface area contributed by atoms with Gasteiger partial charge in [-0.2, -0.15) is 0 Å². The number of benzene rings is 11. The van der Waals surface area contributed by atoms with Crippen LogP contribution in [0.3, 0.4) is 0 Å². The lowest BCUT2D eigenvalue weighted by Gasteiger charge is -2.34. The normalized spacial score (nSPS) is 14.2. The van der Waals surface area contributed by atoms with Crippen LogP contribution in [0.1, 0.15) is 44.5 Å². The summed E-state index contributed by atoms with van der Waals surface area (Å²) in [6, 6.07) is 93.8. The van der Waals surface area contributed by atoms with Gasteiger partial charge in [0.25, 0.3) is 0 Å². The Bertz CT molecular complexity index is 3770. The minimum Gasteiger partial charge on any atom is -0.310 e. The second-order valence-corrected chi connectivity index (χ2v) is 18.6. The molecule has 0 radical (unpaired) electrons. The van der Waals surface area contributed by atoms with E-state index in [0.717, 1.165) is 17.1 Å². The van der Waals surface area contributed by atoms with E-state index in [9.17, 15) is 0 Å². The number of anilines is 3. The van der Waals surface area contributed by atoms with Crippen LogP contribution in [-0.4, -0.2) is 0 Å². The molecule has 0 aromatic heterocycles. The predicted molar refractivity (Wildman–Crippen MR) is 277 cm³/mol. The Morgan fingerprint density at radius 2 is 0.612 bits per heavy atom. The second kappa shape index (κ2) is 13.5. The van der Waals surface area contributed by atoms with Gasteiger partial charge in [0.2, 0.25) is 0 Å². The lowest BCUT2D eigenvalue weighted by molar-refractivity contribution is 0.793. The first-order valence-corrected chi connectivity index (χ1v) is 23.5. The van der Waals surface area contributed by atoms with Crippen molar-refractivity contribution < 1.29 is 0 Å². The van der Waals surface area contributed by atoms with Crippen molar-refractivity contribution >= 4 is 27.8 Å². The van der Waals surface area contributed by atoms with Crippen molar-refractivity contribution in [2.24, 2.45) is 0 Å². The lowest BCUT2D eigenvalue weighted by atomic mass is 9.69. The fraction of sp³-hybridized carbons (Fsp3) is 0.0303. The van der Waals surface area contributed by atoms with Crippen LogP contribution in [0.4, 0.5) is 17.1 Å². The molecule has 15 rings (SSSR count). The molecule has 11 aromatic rings. The average molecular weight is 848 g/mol. The van der Waals surface area contributed by atoms with Crippen LogP contribution in [0.15, 0.2) is 249 Å². The van der Waals surface area contributed by atoms with Crippen LogP contribution in [0, 0.1) is 0 Å². The molecular formula is C66H41N. The Morgan fingerprint density at radius 1 is 0.239 bits per heavy atom. The highest BCUT2D eigenvalue weighted by Gasteiger charge is 2.54. The first kappa shape index (κ1) is 36.8. The third-order valence-corrected chi connectivity index (χ3v) is 15.7. The molecule has 0 heterocycles. The summed E-state index contributed by atoms with van der Waals surface area (Å²) in [7, 11) is 0. The van der Waals surface area contributed by atoms with Gasteiger partial charge in [0.1, 0.15) is 0 Å². The van der Waals surface area contributed by atoms with Crippen molar-refractivity contribution in [2.45, 2.75) is 10.8 Å². The SMILES string of the molecule is c1ccc(-c2ccc(N(c3ccc4c(c3)C3(c5ccccc5-c5ccccc53)c3ccccc3-4)c3ccc4c(c3)C3(c5ccccc5-c5ccccc53)c3c-4ccc4ccccc34)cc2)cc1. The summed E-state index contributed by atoms with van der Waals surface area (Å²) < 4.78 is 0. The maximum atomic E-state index is 2.53. The highest BCUT2D eigenvalue weighted by atomic mass is 15.1. The Labute approximate surface area is 390 Å². The molecule has 1 heteroatoms. The molecule has 0 N–H and O–H groups in total. The molecule has 4 aliphatic carbocycles. The van der Waals surface area contributed by atoms with Crippen LogP contribution in [0.5, 0.6) is 0 Å². The zero-order valence-corrected chi connectivity index (χ0v) is 36.6. The molecule has 0 bridgehead atoms. The molecule has 11 aromatic carbocycles. The largest absolute Gasteiger partial charge is 0.310 e. The summed E-state index contributed by atoms with van der Waals surface area (Å²) in [6.07, 6.45) is 0. The molecule has 1 nitrogen and oxygen atoms in total. The maximum Gasteiger partial charge on any atom is 0.0732 e. The van der Waals surface area contributed by atoms with Gasteiger partial charge in [-0.15, -0.1) is 0 Å². The van der Waals surface area contributed by atoms with E-state index in [2.05, 4.69) is 254 Å². The lowest BCUT2D eigenvalue weighted by Crippen LogP contribution is -2.27. The number of rotatable bonds is 4. The molecule has 0 unspecified atom stereocenters. The number of hydrogen-bond donors (Lipinski definition) is 0. The highest BCUT2D eigenvalue weighted by Crippen LogP contribution is 2.66. The summed E-state index contributed by atoms with van der Waals surface area (Å²) in [4.78, 5) is 2.51. The highest BCUT2D eigenvalue weighted by molar-refractivity contribution is 6.05. The van der Waals surface area contributed by atoms with Gasteiger partial charge in [-0.25, -0.2) is 0 Å². The maximum absolute atomic E-state index is 2.53. The van der Waals surface area contributed by atoms with Crippen molar-refractivity contribution in [1.82, 2.24) is 0 Å². The Kier molecular flexibility index (Phi) is 7.42. The van der Waals surface area contributed by atoms with E-state index in [4.69, 9.17) is 0 Å². The van der Waals surface area contributed by atoms with Crippen molar-refractivity contribution in [2.75, 3.05) is 4.90 Å². The summed E-state index contributed by atoms with van der Waals surface area (Å²) in [5, 5.41) is 2.57. The molecule has 67 heavy (non-hydrogen) atoms. The average Bonchev–Trinajstić information content (AvgIpc) is 4.08. The van der Waals surface area contributed by atoms with E-state index in [0.29, 0.717) is 0 Å². The first-order chi connectivity index (χ1) is 33.2. The van der Waals surface area contributed by atoms with Gasteiger partial charge >= 0.3 is 0 Å². The van der Waals surface area contributed by atoms with Gasteiger partial charge in [-0.1, -0.05) is 212 Å². The smallest absolute Gasteiger partial charge is 0.0732 e. The first-order valence-electron chi connectivity index (χ1n) is 23.5. The Hall–Kier alpha value is -8.52. The van der Waals surface area contributed by atoms with Gasteiger partial charge in [-0.3, -0.25) is 0 Å². The molecule has 0 aliphatic heterocycles. The molecule has 2 spiro atoms. The van der Waals surface area contributed by atoms with E-state index in [1.807, 2.05) is 0 Å². The van der Waals surface area contributed by atoms with Crippen molar-refractivity contribution in [3.63, 3.8) is 0 Å². The number of fused-ring (bicyclic) bond motifs is 22. The zero-order chi connectivity index (χ0) is 43.8. The predicted octanol–water partition coefficient (Wildman–Crippen LogP) is 16.7. The van der Waals surface area contributed by atoms with E-state index < -0.39 is 10.8 Å². The summed E-state index contributed by atoms with van der Waals surface area (Å²) in [6.45, 7) is 0. The fourth-order valence-electron chi connectivity index (χ4n) is 13.1. The van der Waals surface area contributed by atoms with Crippen LogP contribution in [0.25, 0.3) is 66.4 Å². The summed E-state index contributed by atoms with van der Waals surface area (Å²) in [5.41, 5.74) is 26.0. The van der Waals surface area contributed by atoms with Gasteiger partial charge in [0.15, 0.2) is 0 Å². The van der Waals surface area contributed by atoms with Crippen LogP contribution in [0.2, 0.25) is 0 Å². The molecule has 4 aliphatic rings. The third-order valence-electron chi connectivity index (χ3n) is 15.7. The molecule has 310 valence electrons. The van der Waals surface area contributed by atoms with Gasteiger partial charge in [0, 0.05) is 17.1 Å². The minimum absolute atomic E-state index is 0.458. The third kappa shape index (κ3) is 4.68. The second-order valence-electron chi connectivity index (χ2n) is 18.6. The standard InChI is InChI=1S/C66H41N/c1-2-16-42(17-3-1)43-30-33-45(34-31-43)67(46-35-38-54-53-24-8-13-27-59(53)65(62(54)40-46)57-25-11-6-20-49(57)50-21-7-12-26-58(50)65)47-36-39-55-56-37-32-44-18-4-5-19-48(44)64(56)66(63(55)41-47)60-28-14-9-22-51(60)52-23-10-15-29-61(52)66/h1-41H. The number of hydrogen-bond acceptors (Lipinski definition) is 1. The van der Waals surface area contributed by atoms with Gasteiger partial charge in [-0.05, 0) is 147 Å². The van der Waals surface area contributed by atoms with Crippen molar-refractivity contribution in [3.05, 3.63) is 293 Å². The molecule has 0 saturated carbocycles. The van der Waals surface area contributed by atoms with Crippen molar-refractivity contribution in [1.29, 1.82) is 0 Å². The topological polar surface area (TPSA) is 3.24 Å².